The number of hydrogen-bond donors (Lipinski definition) is 2. The Bertz CT molecular complexity index is 608. The summed E-state index contributed by atoms with van der Waals surface area (Å²) in [6, 6.07) is 5.42. The van der Waals surface area contributed by atoms with Crippen molar-refractivity contribution in [1.29, 1.82) is 0 Å². The van der Waals surface area contributed by atoms with Crippen LogP contribution in [0.25, 0.3) is 0 Å². The molecule has 0 unspecified atom stereocenters. The van der Waals surface area contributed by atoms with Gasteiger partial charge in [0.05, 0.1) is 17.1 Å². The van der Waals surface area contributed by atoms with Crippen LogP contribution in [0.15, 0.2) is 29.2 Å². The van der Waals surface area contributed by atoms with Gasteiger partial charge in [0.25, 0.3) is 0 Å². The van der Waals surface area contributed by atoms with Gasteiger partial charge < -0.3 is 10.2 Å². The van der Waals surface area contributed by atoms with Gasteiger partial charge in [-0.25, -0.2) is 13.2 Å². The van der Waals surface area contributed by atoms with Crippen molar-refractivity contribution in [3.05, 3.63) is 29.8 Å². The average Bonchev–Trinajstić information content (AvgIpc) is 2.98. The highest BCUT2D eigenvalue weighted by Crippen LogP contribution is 2.29. The van der Waals surface area contributed by atoms with Crippen LogP contribution in [0.1, 0.15) is 36.0 Å². The van der Waals surface area contributed by atoms with Gasteiger partial charge in [0.2, 0.25) is 10.0 Å². The van der Waals surface area contributed by atoms with Crippen molar-refractivity contribution < 1.29 is 23.4 Å². The molecule has 7 heteroatoms. The van der Waals surface area contributed by atoms with Crippen molar-refractivity contribution in [3.8, 4) is 0 Å². The molecule has 0 bridgehead atoms. The molecular formula is C14H19NO5S. The summed E-state index contributed by atoms with van der Waals surface area (Å²) in [5.41, 5.74) is -0.238. The summed E-state index contributed by atoms with van der Waals surface area (Å²) in [6.45, 7) is -0.300. The van der Waals surface area contributed by atoms with Crippen molar-refractivity contribution in [2.45, 2.75) is 36.6 Å². The first-order chi connectivity index (χ1) is 9.98. The minimum Gasteiger partial charge on any atom is -0.478 e. The number of rotatable bonds is 6. The van der Waals surface area contributed by atoms with E-state index in [-0.39, 0.29) is 29.7 Å². The van der Waals surface area contributed by atoms with Gasteiger partial charge in [0, 0.05) is 12.6 Å². The molecule has 0 aromatic heterocycles. The van der Waals surface area contributed by atoms with Gasteiger partial charge in [-0.3, -0.25) is 0 Å². The summed E-state index contributed by atoms with van der Waals surface area (Å²) in [7, 11) is -3.93. The fourth-order valence-corrected chi connectivity index (χ4v) is 4.65. The molecule has 1 aromatic carbocycles. The third-order valence-corrected chi connectivity index (χ3v) is 5.77. The van der Waals surface area contributed by atoms with Crippen molar-refractivity contribution in [3.63, 3.8) is 0 Å². The van der Waals surface area contributed by atoms with E-state index in [1.54, 1.807) is 0 Å². The highest BCUT2D eigenvalue weighted by atomic mass is 32.2. The SMILES string of the molecule is O=C(O)c1ccccc1S(=O)(=O)N(CCO)C1CCCC1. The van der Waals surface area contributed by atoms with Crippen molar-refractivity contribution >= 4 is 16.0 Å². The Balaban J connectivity index is 2.45. The van der Waals surface area contributed by atoms with E-state index in [1.807, 2.05) is 0 Å². The number of carboxylic acids is 1. The predicted molar refractivity (Wildman–Crippen MR) is 76.6 cm³/mol. The Morgan fingerprint density at radius 2 is 1.86 bits per heavy atom. The van der Waals surface area contributed by atoms with Gasteiger partial charge in [-0.2, -0.15) is 4.31 Å². The quantitative estimate of drug-likeness (QED) is 0.825. The Morgan fingerprint density at radius 3 is 2.43 bits per heavy atom. The molecule has 0 aliphatic heterocycles. The molecule has 0 amide bonds. The van der Waals surface area contributed by atoms with E-state index < -0.39 is 16.0 Å². The standard InChI is InChI=1S/C14H19NO5S/c16-10-9-15(11-5-1-2-6-11)21(19,20)13-8-4-3-7-12(13)14(17)18/h3-4,7-8,11,16H,1-2,5-6,9-10H2,(H,17,18). The lowest BCUT2D eigenvalue weighted by molar-refractivity contribution is 0.0692. The van der Waals surface area contributed by atoms with E-state index in [2.05, 4.69) is 0 Å². The van der Waals surface area contributed by atoms with Crippen LogP contribution in [0.3, 0.4) is 0 Å². The van der Waals surface area contributed by atoms with E-state index in [9.17, 15) is 18.3 Å². The summed E-state index contributed by atoms with van der Waals surface area (Å²) >= 11 is 0. The molecule has 0 spiro atoms. The van der Waals surface area contributed by atoms with Gasteiger partial charge in [-0.1, -0.05) is 25.0 Å². The first kappa shape index (κ1) is 15.9. The number of sulfonamides is 1. The number of nitrogens with zero attached hydrogens (tertiary/aromatic N) is 1. The lowest BCUT2D eigenvalue weighted by Gasteiger charge is -2.27. The minimum atomic E-state index is -3.93. The minimum absolute atomic E-state index is 0.0129. The Morgan fingerprint density at radius 1 is 1.24 bits per heavy atom. The van der Waals surface area contributed by atoms with Gasteiger partial charge in [0.1, 0.15) is 0 Å². The average molecular weight is 313 g/mol. The van der Waals surface area contributed by atoms with Crippen LogP contribution >= 0.6 is 0 Å². The zero-order chi connectivity index (χ0) is 15.5. The van der Waals surface area contributed by atoms with Gasteiger partial charge >= 0.3 is 5.97 Å². The van der Waals surface area contributed by atoms with E-state index >= 15 is 0 Å². The van der Waals surface area contributed by atoms with E-state index in [4.69, 9.17) is 5.11 Å². The molecule has 1 fully saturated rings. The number of hydrogen-bond acceptors (Lipinski definition) is 4. The molecule has 1 aliphatic carbocycles. The van der Waals surface area contributed by atoms with Crippen LogP contribution < -0.4 is 0 Å². The van der Waals surface area contributed by atoms with E-state index in [0.717, 1.165) is 25.7 Å². The molecule has 0 saturated heterocycles. The number of aliphatic hydroxyl groups is 1. The van der Waals surface area contributed by atoms with Crippen LogP contribution in [-0.2, 0) is 10.0 Å². The summed E-state index contributed by atoms with van der Waals surface area (Å²) in [5.74, 6) is -1.27. The Hall–Kier alpha value is -1.44. The monoisotopic (exact) mass is 313 g/mol. The third-order valence-electron chi connectivity index (χ3n) is 3.76. The third kappa shape index (κ3) is 3.25. The molecule has 1 aromatic rings. The molecule has 1 aliphatic rings. The first-order valence-electron chi connectivity index (χ1n) is 6.93. The normalized spacial score (nSPS) is 16.5. The maximum Gasteiger partial charge on any atom is 0.337 e. The fraction of sp³-hybridized carbons (Fsp3) is 0.500. The molecular weight excluding hydrogens is 294 g/mol. The van der Waals surface area contributed by atoms with Crippen LogP contribution in [-0.4, -0.2) is 48.1 Å². The van der Waals surface area contributed by atoms with Gasteiger partial charge in [-0.05, 0) is 25.0 Å². The zero-order valence-corrected chi connectivity index (χ0v) is 12.4. The number of carbonyl (C=O) groups is 1. The summed E-state index contributed by atoms with van der Waals surface area (Å²) in [6.07, 6.45) is 3.38. The van der Waals surface area contributed by atoms with Crippen molar-refractivity contribution in [2.75, 3.05) is 13.2 Å². The Labute approximate surface area is 124 Å². The lowest BCUT2D eigenvalue weighted by Crippen LogP contribution is -2.41. The summed E-state index contributed by atoms with van der Waals surface area (Å²) in [4.78, 5) is 11.0. The van der Waals surface area contributed by atoms with Crippen LogP contribution in [0.2, 0.25) is 0 Å². The fourth-order valence-electron chi connectivity index (χ4n) is 2.78. The van der Waals surface area contributed by atoms with Crippen LogP contribution in [0, 0.1) is 0 Å². The highest BCUT2D eigenvalue weighted by molar-refractivity contribution is 7.89. The van der Waals surface area contributed by atoms with E-state index in [0.29, 0.717) is 0 Å². The predicted octanol–water partition coefficient (Wildman–Crippen LogP) is 1.31. The van der Waals surface area contributed by atoms with Gasteiger partial charge in [0.15, 0.2) is 0 Å². The second kappa shape index (κ2) is 6.55. The summed E-state index contributed by atoms with van der Waals surface area (Å²) < 4.78 is 26.8. The maximum absolute atomic E-state index is 12.8. The smallest absolute Gasteiger partial charge is 0.337 e. The number of carboxylic acid groups (broad SMARTS) is 1. The number of aromatic carboxylic acids is 1. The van der Waals surface area contributed by atoms with Gasteiger partial charge in [-0.15, -0.1) is 0 Å². The Kier molecular flexibility index (Phi) is 4.97. The molecule has 116 valence electrons. The zero-order valence-electron chi connectivity index (χ0n) is 11.6. The molecule has 0 heterocycles. The second-order valence-electron chi connectivity index (χ2n) is 5.08. The number of benzene rings is 1. The molecule has 0 atom stereocenters. The highest BCUT2D eigenvalue weighted by Gasteiger charge is 2.34. The molecule has 21 heavy (non-hydrogen) atoms. The second-order valence-corrected chi connectivity index (χ2v) is 6.94. The molecule has 2 rings (SSSR count). The topological polar surface area (TPSA) is 94.9 Å². The summed E-state index contributed by atoms with van der Waals surface area (Å²) in [5, 5.41) is 18.3. The molecule has 2 N–H and O–H groups in total. The van der Waals surface area contributed by atoms with Crippen molar-refractivity contribution in [1.82, 2.24) is 4.31 Å². The molecule has 6 nitrogen and oxygen atoms in total. The first-order valence-corrected chi connectivity index (χ1v) is 8.37. The lowest BCUT2D eigenvalue weighted by atomic mass is 10.2. The maximum atomic E-state index is 12.8. The molecule has 0 radical (unpaired) electrons. The van der Waals surface area contributed by atoms with Crippen molar-refractivity contribution in [2.24, 2.45) is 0 Å². The van der Waals surface area contributed by atoms with Crippen LogP contribution in [0.4, 0.5) is 0 Å². The van der Waals surface area contributed by atoms with Crippen LogP contribution in [0.5, 0.6) is 0 Å². The van der Waals surface area contributed by atoms with E-state index in [1.165, 1.54) is 28.6 Å². The largest absolute Gasteiger partial charge is 0.478 e. The number of aliphatic hydroxyl groups excluding tert-OH is 1. The molecule has 1 saturated carbocycles.